The van der Waals surface area contributed by atoms with Crippen LogP contribution in [0.5, 0.6) is 0 Å². The zero-order valence-electron chi connectivity index (χ0n) is 11.4. The van der Waals surface area contributed by atoms with Gasteiger partial charge in [-0.25, -0.2) is 0 Å². The van der Waals surface area contributed by atoms with Gasteiger partial charge in [-0.1, -0.05) is 36.4 Å². The van der Waals surface area contributed by atoms with E-state index in [1.165, 1.54) is 21.5 Å². The van der Waals surface area contributed by atoms with E-state index in [-0.39, 0.29) is 0 Å². The van der Waals surface area contributed by atoms with Crippen LogP contribution in [0.4, 0.5) is 5.69 Å². The Balaban J connectivity index is 0.000000151. The summed E-state index contributed by atoms with van der Waals surface area (Å²) in [5.41, 5.74) is 8.07. The molecule has 1 nitrogen and oxygen atoms in total. The van der Waals surface area contributed by atoms with Gasteiger partial charge in [0.05, 0.1) is 0 Å². The number of nitrogens with two attached hydrogens (primary N) is 1. The zero-order chi connectivity index (χ0) is 14.2. The summed E-state index contributed by atoms with van der Waals surface area (Å²) < 4.78 is 1.33. The number of benzene rings is 3. The van der Waals surface area contributed by atoms with Gasteiger partial charge in [0, 0.05) is 11.1 Å². The van der Waals surface area contributed by atoms with Crippen molar-refractivity contribution < 1.29 is 24.7 Å². The standard InChI is InChI=1S/C10H9N.C8H9.Zr/c11-10-7-3-5-8-4-1-2-6-9(8)10;1-2-8-6-4-3-5-7-8;/h1-7H,11H2;3-7H,1-2H2;. The van der Waals surface area contributed by atoms with Crippen LogP contribution in [-0.4, -0.2) is 0 Å². The van der Waals surface area contributed by atoms with E-state index in [2.05, 4.69) is 42.5 Å². The molecule has 0 saturated carbocycles. The van der Waals surface area contributed by atoms with Crippen molar-refractivity contribution in [2.45, 2.75) is 10.5 Å². The number of fused-ring (bicyclic) bond motifs is 1. The summed E-state index contributed by atoms with van der Waals surface area (Å²) in [4.78, 5) is 0. The van der Waals surface area contributed by atoms with Crippen molar-refractivity contribution in [1.29, 1.82) is 0 Å². The second-order valence-electron chi connectivity index (χ2n) is 4.55. The van der Waals surface area contributed by atoms with Crippen LogP contribution in [-0.2, 0) is 31.1 Å². The molecular weight excluding hydrogens is 321 g/mol. The Morgan fingerprint density at radius 2 is 1.40 bits per heavy atom. The van der Waals surface area contributed by atoms with Crippen molar-refractivity contribution in [3.8, 4) is 0 Å². The minimum atomic E-state index is 0.850. The Bertz CT molecular complexity index is 644. The predicted molar refractivity (Wildman–Crippen MR) is 83.3 cm³/mol. The number of hydrogen-bond donors (Lipinski definition) is 1. The van der Waals surface area contributed by atoms with Crippen LogP contribution in [0, 0.1) is 0 Å². The molecule has 0 unspecified atom stereocenters. The third kappa shape index (κ3) is 4.32. The molecule has 0 spiro atoms. The van der Waals surface area contributed by atoms with E-state index < -0.39 is 0 Å². The Morgan fingerprint density at radius 1 is 0.750 bits per heavy atom. The molecule has 2 heteroatoms. The van der Waals surface area contributed by atoms with Gasteiger partial charge in [0.15, 0.2) is 0 Å². The van der Waals surface area contributed by atoms with Gasteiger partial charge in [0.2, 0.25) is 0 Å². The summed E-state index contributed by atoms with van der Waals surface area (Å²) >= 11 is 1.63. The summed E-state index contributed by atoms with van der Waals surface area (Å²) in [6.07, 6.45) is 1.25. The average molecular weight is 340 g/mol. The van der Waals surface area contributed by atoms with E-state index in [1.807, 2.05) is 30.3 Å². The fourth-order valence-electron chi connectivity index (χ4n) is 2.04. The first-order chi connectivity index (χ1) is 9.81. The molecule has 0 aromatic heterocycles. The van der Waals surface area contributed by atoms with E-state index in [0.717, 1.165) is 11.1 Å². The van der Waals surface area contributed by atoms with E-state index in [0.29, 0.717) is 0 Å². The summed E-state index contributed by atoms with van der Waals surface area (Å²) in [6.45, 7) is 0. The number of anilines is 1. The van der Waals surface area contributed by atoms with Crippen LogP contribution in [0.25, 0.3) is 10.8 Å². The summed E-state index contributed by atoms with van der Waals surface area (Å²) in [6, 6.07) is 24.7. The Labute approximate surface area is 135 Å². The van der Waals surface area contributed by atoms with Crippen LogP contribution >= 0.6 is 0 Å². The predicted octanol–water partition coefficient (Wildman–Crippen LogP) is 4.62. The second-order valence-corrected chi connectivity index (χ2v) is 5.78. The number of rotatable bonds is 2. The first-order valence-corrected chi connectivity index (χ1v) is 8.47. The van der Waals surface area contributed by atoms with Gasteiger partial charge in [-0.05, 0) is 11.5 Å². The average Bonchev–Trinajstić information content (AvgIpc) is 2.50. The molecular formula is C18H18NZr. The van der Waals surface area contributed by atoms with E-state index in [4.69, 9.17) is 5.73 Å². The normalized spacial score (nSPS) is 9.75. The van der Waals surface area contributed by atoms with Crippen LogP contribution < -0.4 is 5.73 Å². The Kier molecular flexibility index (Phi) is 6.01. The van der Waals surface area contributed by atoms with Crippen LogP contribution in [0.1, 0.15) is 5.56 Å². The van der Waals surface area contributed by atoms with Gasteiger partial charge in [-0.2, -0.15) is 0 Å². The Hall–Kier alpha value is -1.40. The van der Waals surface area contributed by atoms with E-state index in [9.17, 15) is 0 Å². The third-order valence-electron chi connectivity index (χ3n) is 3.08. The van der Waals surface area contributed by atoms with Crippen molar-refractivity contribution in [2.75, 3.05) is 5.73 Å². The molecule has 0 aliphatic carbocycles. The van der Waals surface area contributed by atoms with Gasteiger partial charge in [0.25, 0.3) is 0 Å². The first kappa shape index (κ1) is 15.0. The quantitative estimate of drug-likeness (QED) is 0.678. The monoisotopic (exact) mass is 338 g/mol. The van der Waals surface area contributed by atoms with E-state index >= 15 is 0 Å². The fourth-order valence-corrected chi connectivity index (χ4v) is 2.75. The van der Waals surface area contributed by atoms with Gasteiger partial charge in [-0.3, -0.25) is 0 Å². The Morgan fingerprint density at radius 3 is 2.10 bits per heavy atom. The molecule has 0 saturated heterocycles. The molecule has 0 heterocycles. The topological polar surface area (TPSA) is 26.0 Å². The van der Waals surface area contributed by atoms with Gasteiger partial charge >= 0.3 is 71.2 Å². The molecule has 3 aromatic rings. The number of aryl methyl sites for hydroxylation is 1. The molecule has 0 aliphatic rings. The third-order valence-corrected chi connectivity index (χ3v) is 3.69. The SMILES string of the molecule is Nc1cccc2ccccc12.[Zr][CH2]Cc1ccccc1. The molecule has 0 radical (unpaired) electrons. The van der Waals surface area contributed by atoms with Crippen molar-refractivity contribution in [3.63, 3.8) is 0 Å². The molecule has 0 fully saturated rings. The number of hydrogen-bond acceptors (Lipinski definition) is 1. The first-order valence-electron chi connectivity index (χ1n) is 6.73. The molecule has 2 N–H and O–H groups in total. The van der Waals surface area contributed by atoms with Gasteiger partial charge < -0.3 is 5.73 Å². The number of nitrogen functional groups attached to an aromatic ring is 1. The van der Waals surface area contributed by atoms with Crippen LogP contribution in [0.15, 0.2) is 72.8 Å². The minimum absolute atomic E-state index is 0.850. The molecule has 99 valence electrons. The summed E-state index contributed by atoms with van der Waals surface area (Å²) in [5.74, 6) is 0. The zero-order valence-corrected chi connectivity index (χ0v) is 13.9. The molecule has 3 rings (SSSR count). The van der Waals surface area contributed by atoms with Crippen LogP contribution in [0.2, 0.25) is 4.13 Å². The summed E-state index contributed by atoms with van der Waals surface area (Å²) in [5, 5.41) is 2.34. The van der Waals surface area contributed by atoms with Crippen molar-refractivity contribution >= 4 is 16.5 Å². The summed E-state index contributed by atoms with van der Waals surface area (Å²) in [7, 11) is 0. The maximum atomic E-state index is 5.76. The van der Waals surface area contributed by atoms with Crippen molar-refractivity contribution in [2.24, 2.45) is 0 Å². The molecule has 20 heavy (non-hydrogen) atoms. The fraction of sp³-hybridized carbons (Fsp3) is 0.111. The maximum absolute atomic E-state index is 5.76. The molecule has 0 bridgehead atoms. The van der Waals surface area contributed by atoms with Crippen molar-refractivity contribution in [3.05, 3.63) is 78.4 Å². The van der Waals surface area contributed by atoms with E-state index in [1.54, 1.807) is 24.7 Å². The molecule has 3 aromatic carbocycles. The van der Waals surface area contributed by atoms with Gasteiger partial charge in [-0.15, -0.1) is 0 Å². The van der Waals surface area contributed by atoms with Crippen molar-refractivity contribution in [1.82, 2.24) is 0 Å². The second kappa shape index (κ2) is 8.02. The molecule has 0 aliphatic heterocycles. The molecule has 0 atom stereocenters. The van der Waals surface area contributed by atoms with Crippen LogP contribution in [0.3, 0.4) is 0 Å². The van der Waals surface area contributed by atoms with Gasteiger partial charge in [0.1, 0.15) is 0 Å². The molecule has 0 amide bonds.